The van der Waals surface area contributed by atoms with Crippen molar-refractivity contribution in [3.63, 3.8) is 0 Å². The van der Waals surface area contributed by atoms with Crippen molar-refractivity contribution in [1.29, 1.82) is 0 Å². The smallest absolute Gasteiger partial charge is 0.341 e. The molecule has 1 aromatic carbocycles. The maximum absolute atomic E-state index is 10.9. The molecule has 0 fully saturated rings. The summed E-state index contributed by atoms with van der Waals surface area (Å²) in [6, 6.07) is 11.4. The predicted molar refractivity (Wildman–Crippen MR) is 105 cm³/mol. The van der Waals surface area contributed by atoms with Gasteiger partial charge in [-0.2, -0.15) is 0 Å². The summed E-state index contributed by atoms with van der Waals surface area (Å²) in [7, 11) is 2.01. The van der Waals surface area contributed by atoms with Gasteiger partial charge in [-0.1, -0.05) is 0 Å². The molecular weight excluding hydrogens is 356 g/mol. The second-order valence-corrected chi connectivity index (χ2v) is 6.45. The lowest BCUT2D eigenvalue weighted by atomic mass is 10.1. The van der Waals surface area contributed by atoms with Gasteiger partial charge in [0, 0.05) is 48.5 Å². The van der Waals surface area contributed by atoms with Crippen LogP contribution >= 0.6 is 0 Å². The quantitative estimate of drug-likeness (QED) is 0.644. The van der Waals surface area contributed by atoms with E-state index in [0.29, 0.717) is 18.1 Å². The van der Waals surface area contributed by atoms with E-state index in [2.05, 4.69) is 26.8 Å². The highest BCUT2D eigenvalue weighted by molar-refractivity contribution is 5.68. The van der Waals surface area contributed by atoms with Gasteiger partial charge in [0.2, 0.25) is 0 Å². The van der Waals surface area contributed by atoms with E-state index in [0.717, 1.165) is 16.7 Å². The number of benzene rings is 1. The molecule has 0 saturated heterocycles. The van der Waals surface area contributed by atoms with E-state index < -0.39 is 12.6 Å². The van der Waals surface area contributed by atoms with Crippen LogP contribution in [0.1, 0.15) is 24.1 Å². The van der Waals surface area contributed by atoms with Gasteiger partial charge in [-0.3, -0.25) is 9.88 Å². The first-order valence-electron chi connectivity index (χ1n) is 8.89. The third kappa shape index (κ3) is 4.89. The summed E-state index contributed by atoms with van der Waals surface area (Å²) >= 11 is 0. The van der Waals surface area contributed by atoms with Gasteiger partial charge >= 0.3 is 5.97 Å². The standard InChI is InChI=1S/C21H22N4O3/c1-15(16-6-10-22-11-7-16)25(2)13-18-12-17(21-23-8-3-9-24-21)4-5-19(18)28-14-20(26)27/h3-12,15H,13-14H2,1-2H3,(H,26,27). The molecule has 0 bridgehead atoms. The van der Waals surface area contributed by atoms with Gasteiger partial charge in [-0.25, -0.2) is 14.8 Å². The van der Waals surface area contributed by atoms with Crippen LogP contribution in [0, 0.1) is 0 Å². The zero-order chi connectivity index (χ0) is 19.9. The van der Waals surface area contributed by atoms with Gasteiger partial charge < -0.3 is 9.84 Å². The van der Waals surface area contributed by atoms with Gasteiger partial charge in [0.1, 0.15) is 5.75 Å². The molecule has 0 radical (unpaired) electrons. The van der Waals surface area contributed by atoms with Crippen molar-refractivity contribution in [1.82, 2.24) is 19.9 Å². The molecule has 0 spiro atoms. The highest BCUT2D eigenvalue weighted by Crippen LogP contribution is 2.28. The van der Waals surface area contributed by atoms with Crippen molar-refractivity contribution in [2.45, 2.75) is 19.5 Å². The maximum atomic E-state index is 10.9. The first kappa shape index (κ1) is 19.4. The Hall–Kier alpha value is -3.32. The number of rotatable bonds is 8. The highest BCUT2D eigenvalue weighted by atomic mass is 16.5. The van der Waals surface area contributed by atoms with E-state index in [1.807, 2.05) is 31.3 Å². The Bertz CT molecular complexity index is 919. The first-order chi connectivity index (χ1) is 13.5. The number of hydrogen-bond acceptors (Lipinski definition) is 6. The van der Waals surface area contributed by atoms with Crippen LogP contribution in [-0.4, -0.2) is 44.6 Å². The van der Waals surface area contributed by atoms with Crippen LogP contribution in [0.4, 0.5) is 0 Å². The molecule has 2 heterocycles. The number of carboxylic acid groups (broad SMARTS) is 1. The molecule has 0 aliphatic rings. The molecule has 144 valence electrons. The Balaban J connectivity index is 1.88. The molecule has 0 aliphatic carbocycles. The number of pyridine rings is 1. The minimum absolute atomic E-state index is 0.145. The summed E-state index contributed by atoms with van der Waals surface area (Å²) in [5.41, 5.74) is 2.87. The fourth-order valence-electron chi connectivity index (χ4n) is 2.87. The average molecular weight is 378 g/mol. The van der Waals surface area contributed by atoms with Crippen molar-refractivity contribution in [2.24, 2.45) is 0 Å². The van der Waals surface area contributed by atoms with Crippen molar-refractivity contribution in [2.75, 3.05) is 13.7 Å². The number of aliphatic carboxylic acids is 1. The minimum atomic E-state index is -1.01. The van der Waals surface area contributed by atoms with Crippen LogP contribution < -0.4 is 4.74 Å². The maximum Gasteiger partial charge on any atom is 0.341 e. The summed E-state index contributed by atoms with van der Waals surface area (Å²) in [4.78, 5) is 25.7. The number of nitrogens with zero attached hydrogens (tertiary/aromatic N) is 4. The fraction of sp³-hybridized carbons (Fsp3) is 0.238. The normalized spacial score (nSPS) is 12.0. The van der Waals surface area contributed by atoms with Gasteiger partial charge in [0.05, 0.1) is 0 Å². The van der Waals surface area contributed by atoms with Gasteiger partial charge in [-0.05, 0) is 55.9 Å². The number of carboxylic acids is 1. The molecule has 7 heteroatoms. The Labute approximate surface area is 163 Å². The van der Waals surface area contributed by atoms with Gasteiger partial charge in [0.25, 0.3) is 0 Å². The third-order valence-corrected chi connectivity index (χ3v) is 4.51. The number of hydrogen-bond donors (Lipinski definition) is 1. The van der Waals surface area contributed by atoms with Crippen molar-refractivity contribution >= 4 is 5.97 Å². The Morgan fingerprint density at radius 1 is 1.14 bits per heavy atom. The lowest BCUT2D eigenvalue weighted by Crippen LogP contribution is -2.22. The van der Waals surface area contributed by atoms with E-state index in [1.54, 1.807) is 36.9 Å². The van der Waals surface area contributed by atoms with E-state index in [-0.39, 0.29) is 6.04 Å². The summed E-state index contributed by atoms with van der Waals surface area (Å²) in [5, 5.41) is 8.96. The summed E-state index contributed by atoms with van der Waals surface area (Å²) < 4.78 is 5.50. The molecule has 0 amide bonds. The largest absolute Gasteiger partial charge is 0.482 e. The predicted octanol–water partition coefficient (Wildman–Crippen LogP) is 3.20. The lowest BCUT2D eigenvalue weighted by Gasteiger charge is -2.26. The second kappa shape index (κ2) is 9.05. The van der Waals surface area contributed by atoms with Crippen LogP contribution in [0.5, 0.6) is 5.75 Å². The molecule has 0 aliphatic heterocycles. The van der Waals surface area contributed by atoms with Crippen LogP contribution in [-0.2, 0) is 11.3 Å². The molecule has 3 aromatic rings. The second-order valence-electron chi connectivity index (χ2n) is 6.45. The average Bonchev–Trinajstić information content (AvgIpc) is 2.73. The molecule has 1 unspecified atom stereocenters. The molecule has 1 atom stereocenters. The van der Waals surface area contributed by atoms with Crippen molar-refractivity contribution in [3.8, 4) is 17.1 Å². The van der Waals surface area contributed by atoms with Crippen LogP contribution in [0.15, 0.2) is 61.2 Å². The molecule has 7 nitrogen and oxygen atoms in total. The Morgan fingerprint density at radius 3 is 2.54 bits per heavy atom. The molecule has 2 aromatic heterocycles. The van der Waals surface area contributed by atoms with Crippen LogP contribution in [0.3, 0.4) is 0 Å². The summed E-state index contributed by atoms with van der Waals surface area (Å²) in [6.07, 6.45) is 6.92. The lowest BCUT2D eigenvalue weighted by molar-refractivity contribution is -0.139. The minimum Gasteiger partial charge on any atom is -0.482 e. The van der Waals surface area contributed by atoms with E-state index >= 15 is 0 Å². The van der Waals surface area contributed by atoms with E-state index in [1.165, 1.54) is 0 Å². The number of aromatic nitrogens is 3. The molecule has 3 rings (SSSR count). The molecular formula is C21H22N4O3. The van der Waals surface area contributed by atoms with E-state index in [4.69, 9.17) is 9.84 Å². The van der Waals surface area contributed by atoms with Crippen LogP contribution in [0.2, 0.25) is 0 Å². The monoisotopic (exact) mass is 378 g/mol. The Morgan fingerprint density at radius 2 is 1.86 bits per heavy atom. The highest BCUT2D eigenvalue weighted by Gasteiger charge is 2.16. The van der Waals surface area contributed by atoms with Crippen LogP contribution in [0.25, 0.3) is 11.4 Å². The van der Waals surface area contributed by atoms with Gasteiger partial charge in [0.15, 0.2) is 12.4 Å². The van der Waals surface area contributed by atoms with Gasteiger partial charge in [-0.15, -0.1) is 0 Å². The SMILES string of the molecule is CC(c1ccncc1)N(C)Cc1cc(-c2ncccn2)ccc1OCC(=O)O. The Kier molecular flexibility index (Phi) is 6.29. The number of carbonyl (C=O) groups is 1. The topological polar surface area (TPSA) is 88.4 Å². The summed E-state index contributed by atoms with van der Waals surface area (Å²) in [6.45, 7) is 2.29. The zero-order valence-corrected chi connectivity index (χ0v) is 15.8. The fourth-order valence-corrected chi connectivity index (χ4v) is 2.87. The number of ether oxygens (including phenoxy) is 1. The molecule has 28 heavy (non-hydrogen) atoms. The van der Waals surface area contributed by atoms with Crippen molar-refractivity contribution in [3.05, 3.63) is 72.3 Å². The molecule has 0 saturated carbocycles. The third-order valence-electron chi connectivity index (χ3n) is 4.51. The molecule has 1 N–H and O–H groups in total. The summed E-state index contributed by atoms with van der Waals surface area (Å²) in [5.74, 6) is 0.133. The first-order valence-corrected chi connectivity index (χ1v) is 8.89. The van der Waals surface area contributed by atoms with Crippen molar-refractivity contribution < 1.29 is 14.6 Å². The zero-order valence-electron chi connectivity index (χ0n) is 15.8. The van der Waals surface area contributed by atoms with E-state index in [9.17, 15) is 4.79 Å².